The van der Waals surface area contributed by atoms with Crippen LogP contribution in [0.2, 0.25) is 0 Å². The predicted octanol–water partition coefficient (Wildman–Crippen LogP) is 0.780. The van der Waals surface area contributed by atoms with Crippen LogP contribution in [0.15, 0.2) is 12.1 Å². The number of imide groups is 1. The summed E-state index contributed by atoms with van der Waals surface area (Å²) in [5.41, 5.74) is 4.47. The molecule has 2 N–H and O–H groups in total. The average Bonchev–Trinajstić information content (AvgIpc) is 2.69. The first-order chi connectivity index (χ1) is 9.88. The van der Waals surface area contributed by atoms with Crippen LogP contribution in [0.25, 0.3) is 0 Å². The molecule has 0 aliphatic carbocycles. The van der Waals surface area contributed by atoms with Crippen molar-refractivity contribution in [2.24, 2.45) is 0 Å². The van der Waals surface area contributed by atoms with Gasteiger partial charge in [-0.25, -0.2) is 4.79 Å². The van der Waals surface area contributed by atoms with Gasteiger partial charge < -0.3 is 10.6 Å². The Morgan fingerprint density at radius 2 is 1.86 bits per heavy atom. The fourth-order valence-electron chi connectivity index (χ4n) is 2.49. The predicted molar refractivity (Wildman–Crippen MR) is 77.6 cm³/mol. The number of nitrogens with one attached hydrogen (secondary N) is 2. The molecule has 0 spiro atoms. The molecule has 0 atom stereocenters. The van der Waals surface area contributed by atoms with Crippen LogP contribution in [0.1, 0.15) is 22.3 Å². The zero-order valence-corrected chi connectivity index (χ0v) is 12.4. The van der Waals surface area contributed by atoms with Gasteiger partial charge in [-0.3, -0.25) is 14.5 Å². The molecule has 4 amide bonds. The summed E-state index contributed by atoms with van der Waals surface area (Å²) in [7, 11) is 0. The maximum Gasteiger partial charge on any atom is 0.325 e. The minimum atomic E-state index is -0.516. The molecule has 0 saturated carbocycles. The highest BCUT2D eigenvalue weighted by molar-refractivity contribution is 6.04. The van der Waals surface area contributed by atoms with Crippen molar-refractivity contribution in [3.05, 3.63) is 34.4 Å². The largest absolute Gasteiger partial charge is 0.350 e. The van der Waals surface area contributed by atoms with Gasteiger partial charge in [-0.15, -0.1) is 0 Å². The van der Waals surface area contributed by atoms with Crippen molar-refractivity contribution in [3.8, 4) is 0 Å². The first-order valence-electron chi connectivity index (χ1n) is 6.80. The quantitative estimate of drug-likeness (QED) is 0.804. The van der Waals surface area contributed by atoms with Crippen molar-refractivity contribution >= 4 is 17.8 Å². The molecule has 1 aromatic rings. The van der Waals surface area contributed by atoms with Crippen LogP contribution in [0.4, 0.5) is 4.79 Å². The summed E-state index contributed by atoms with van der Waals surface area (Å²) in [6.07, 6.45) is 0. The molecular weight excluding hydrogens is 270 g/mol. The number of aryl methyl sites for hydroxylation is 3. The summed E-state index contributed by atoms with van der Waals surface area (Å²) in [5, 5.41) is 5.14. The van der Waals surface area contributed by atoms with Gasteiger partial charge in [-0.05, 0) is 37.5 Å². The molecule has 1 aliphatic rings. The number of rotatable bonds is 4. The maximum absolute atomic E-state index is 11.9. The minimum Gasteiger partial charge on any atom is -0.350 e. The lowest BCUT2D eigenvalue weighted by molar-refractivity contribution is -0.130. The molecule has 6 heteroatoms. The second-order valence-corrected chi connectivity index (χ2v) is 5.29. The summed E-state index contributed by atoms with van der Waals surface area (Å²) in [6, 6.07) is 3.61. The van der Waals surface area contributed by atoms with E-state index in [1.807, 2.05) is 20.8 Å². The van der Waals surface area contributed by atoms with Gasteiger partial charge >= 0.3 is 6.03 Å². The lowest BCUT2D eigenvalue weighted by Crippen LogP contribution is -2.40. The molecule has 1 saturated heterocycles. The number of carbonyl (C=O) groups excluding carboxylic acids is 3. The monoisotopic (exact) mass is 289 g/mol. The third kappa shape index (κ3) is 3.39. The van der Waals surface area contributed by atoms with E-state index in [2.05, 4.69) is 22.8 Å². The SMILES string of the molecule is Cc1cc(C)c(CNC(=O)CN2C(=O)CNC2=O)c(C)c1. The van der Waals surface area contributed by atoms with Gasteiger partial charge in [-0.1, -0.05) is 17.7 Å². The first kappa shape index (κ1) is 15.0. The molecule has 1 aliphatic heterocycles. The molecule has 21 heavy (non-hydrogen) atoms. The van der Waals surface area contributed by atoms with Gasteiger partial charge in [0, 0.05) is 6.54 Å². The molecule has 0 radical (unpaired) electrons. The topological polar surface area (TPSA) is 78.5 Å². The number of hydrogen-bond donors (Lipinski definition) is 2. The van der Waals surface area contributed by atoms with E-state index in [9.17, 15) is 14.4 Å². The van der Waals surface area contributed by atoms with E-state index in [1.165, 1.54) is 5.56 Å². The Hall–Kier alpha value is -2.37. The minimum absolute atomic E-state index is 0.0394. The van der Waals surface area contributed by atoms with Crippen LogP contribution in [0, 0.1) is 20.8 Å². The number of nitrogens with zero attached hydrogens (tertiary/aromatic N) is 1. The maximum atomic E-state index is 11.9. The third-order valence-electron chi connectivity index (χ3n) is 3.54. The van der Waals surface area contributed by atoms with Crippen molar-refractivity contribution in [3.63, 3.8) is 0 Å². The van der Waals surface area contributed by atoms with E-state index in [0.29, 0.717) is 6.54 Å². The van der Waals surface area contributed by atoms with Crippen molar-refractivity contribution in [1.29, 1.82) is 0 Å². The Kier molecular flexibility index (Phi) is 4.26. The number of hydrogen-bond acceptors (Lipinski definition) is 3. The Labute approximate surface area is 123 Å². The number of amides is 4. The van der Waals surface area contributed by atoms with Gasteiger partial charge in [0.25, 0.3) is 5.91 Å². The third-order valence-corrected chi connectivity index (χ3v) is 3.54. The van der Waals surface area contributed by atoms with E-state index < -0.39 is 6.03 Å². The smallest absolute Gasteiger partial charge is 0.325 e. The number of urea groups is 1. The van der Waals surface area contributed by atoms with Crippen molar-refractivity contribution < 1.29 is 14.4 Å². The molecule has 6 nitrogen and oxygen atoms in total. The Balaban J connectivity index is 1.96. The molecule has 1 fully saturated rings. The lowest BCUT2D eigenvalue weighted by atomic mass is 10.00. The van der Waals surface area contributed by atoms with Gasteiger partial charge in [-0.2, -0.15) is 0 Å². The fourth-order valence-corrected chi connectivity index (χ4v) is 2.49. The van der Waals surface area contributed by atoms with Crippen LogP contribution < -0.4 is 10.6 Å². The highest BCUT2D eigenvalue weighted by atomic mass is 16.2. The van der Waals surface area contributed by atoms with E-state index in [0.717, 1.165) is 21.6 Å². The van der Waals surface area contributed by atoms with Crippen LogP contribution in [-0.4, -0.2) is 35.8 Å². The van der Waals surface area contributed by atoms with Crippen molar-refractivity contribution in [2.45, 2.75) is 27.3 Å². The standard InChI is InChI=1S/C15H19N3O3/c1-9-4-10(2)12(11(3)5-9)6-16-13(19)8-18-14(20)7-17-15(18)21/h4-5H,6-8H2,1-3H3,(H,16,19)(H,17,21). The summed E-state index contributed by atoms with van der Waals surface area (Å²) >= 11 is 0. The molecule has 1 aromatic carbocycles. The normalized spacial score (nSPS) is 14.3. The number of carbonyl (C=O) groups is 3. The average molecular weight is 289 g/mol. The molecule has 0 unspecified atom stereocenters. The Bertz CT molecular complexity index is 571. The van der Waals surface area contributed by atoms with Crippen LogP contribution in [-0.2, 0) is 16.1 Å². The highest BCUT2D eigenvalue weighted by Crippen LogP contribution is 2.16. The van der Waals surface area contributed by atoms with Gasteiger partial charge in [0.1, 0.15) is 6.54 Å². The second kappa shape index (κ2) is 5.95. The van der Waals surface area contributed by atoms with Crippen LogP contribution >= 0.6 is 0 Å². The van der Waals surface area contributed by atoms with E-state index in [4.69, 9.17) is 0 Å². The van der Waals surface area contributed by atoms with E-state index >= 15 is 0 Å². The first-order valence-corrected chi connectivity index (χ1v) is 6.80. The molecule has 0 bridgehead atoms. The molecule has 1 heterocycles. The molecule has 0 aromatic heterocycles. The van der Waals surface area contributed by atoms with Crippen molar-refractivity contribution in [1.82, 2.24) is 15.5 Å². The van der Waals surface area contributed by atoms with Gasteiger partial charge in [0.05, 0.1) is 6.54 Å². The Morgan fingerprint density at radius 3 is 2.38 bits per heavy atom. The fraction of sp³-hybridized carbons (Fsp3) is 0.400. The molecular formula is C15H19N3O3. The zero-order valence-electron chi connectivity index (χ0n) is 12.4. The zero-order chi connectivity index (χ0) is 15.6. The summed E-state index contributed by atoms with van der Waals surface area (Å²) < 4.78 is 0. The van der Waals surface area contributed by atoms with Gasteiger partial charge in [0.2, 0.25) is 5.91 Å². The molecule has 2 rings (SSSR count). The molecule has 112 valence electrons. The van der Waals surface area contributed by atoms with Crippen LogP contribution in [0.3, 0.4) is 0 Å². The lowest BCUT2D eigenvalue weighted by Gasteiger charge is -2.15. The van der Waals surface area contributed by atoms with E-state index in [1.54, 1.807) is 0 Å². The number of benzene rings is 1. The summed E-state index contributed by atoms with van der Waals surface area (Å²) in [4.78, 5) is 35.5. The van der Waals surface area contributed by atoms with Crippen LogP contribution in [0.5, 0.6) is 0 Å². The summed E-state index contributed by atoms with van der Waals surface area (Å²) in [5.74, 6) is -0.724. The summed E-state index contributed by atoms with van der Waals surface area (Å²) in [6.45, 7) is 6.13. The van der Waals surface area contributed by atoms with E-state index in [-0.39, 0.29) is 24.9 Å². The van der Waals surface area contributed by atoms with Gasteiger partial charge in [0.15, 0.2) is 0 Å². The highest BCUT2D eigenvalue weighted by Gasteiger charge is 2.29. The Morgan fingerprint density at radius 1 is 1.24 bits per heavy atom. The van der Waals surface area contributed by atoms with Crippen molar-refractivity contribution in [2.75, 3.05) is 13.1 Å². The second-order valence-electron chi connectivity index (χ2n) is 5.29.